The number of rotatable bonds is 6. The summed E-state index contributed by atoms with van der Waals surface area (Å²) in [5, 5.41) is 15.8. The Morgan fingerprint density at radius 2 is 2.03 bits per heavy atom. The van der Waals surface area contributed by atoms with E-state index in [2.05, 4.69) is 23.0 Å². The van der Waals surface area contributed by atoms with Crippen LogP contribution in [0.5, 0.6) is 5.75 Å². The molecule has 2 aromatic carbocycles. The van der Waals surface area contributed by atoms with Crippen LogP contribution in [0.3, 0.4) is 0 Å². The number of hydrogen-bond acceptors (Lipinski definition) is 6. The highest BCUT2D eigenvalue weighted by Gasteiger charge is 2.35. The Hall–Kier alpha value is -2.48. The van der Waals surface area contributed by atoms with Crippen LogP contribution in [0, 0.1) is 18.7 Å². The summed E-state index contributed by atoms with van der Waals surface area (Å²) in [6.07, 6.45) is 3.82. The highest BCUT2D eigenvalue weighted by molar-refractivity contribution is 5.79. The van der Waals surface area contributed by atoms with Crippen molar-refractivity contribution in [2.45, 2.75) is 57.7 Å². The van der Waals surface area contributed by atoms with E-state index in [1.807, 2.05) is 13.0 Å². The average Bonchev–Trinajstić information content (AvgIpc) is 3.27. The number of piperidine rings is 1. The maximum atomic E-state index is 13.4. The van der Waals surface area contributed by atoms with Crippen molar-refractivity contribution in [3.8, 4) is 5.75 Å². The van der Waals surface area contributed by atoms with Crippen molar-refractivity contribution < 1.29 is 18.8 Å². The molecule has 3 atom stereocenters. The third kappa shape index (κ3) is 4.44. The van der Waals surface area contributed by atoms with Crippen molar-refractivity contribution in [1.82, 2.24) is 10.1 Å². The summed E-state index contributed by atoms with van der Waals surface area (Å²) in [6, 6.07) is 8.61. The molecular weight excluding hydrogens is 433 g/mol. The van der Waals surface area contributed by atoms with E-state index in [4.69, 9.17) is 15.0 Å². The molecule has 5 rings (SSSR count). The number of nitrogens with zero attached hydrogens (tertiary/aromatic N) is 2. The number of ether oxygens (including phenoxy) is 1. The molecule has 7 heteroatoms. The first-order valence-corrected chi connectivity index (χ1v) is 12.4. The Labute approximate surface area is 199 Å². The van der Waals surface area contributed by atoms with Gasteiger partial charge in [-0.05, 0) is 75.0 Å². The third-order valence-electron chi connectivity index (χ3n) is 7.79. The standard InChI is InChI=1S/C27H34FN3O3/c1-16(26-21-6-4-19(28)13-24(21)34-30-26)7-10-31-11-8-18(9-12-31)23-14-22-20(25(15-29)33-23)5-3-17(2)27(22)32/h3-6,13,16,18,23,25,32H,7-12,14-15,29H2,1-2H3. The molecule has 0 aliphatic carbocycles. The molecule has 0 bridgehead atoms. The number of aromatic hydroxyl groups is 1. The third-order valence-corrected chi connectivity index (χ3v) is 7.79. The smallest absolute Gasteiger partial charge is 0.170 e. The normalized spacial score (nSPS) is 22.7. The molecule has 1 fully saturated rings. The molecule has 1 saturated heterocycles. The number of hydrogen-bond donors (Lipinski definition) is 2. The topological polar surface area (TPSA) is 84.8 Å². The van der Waals surface area contributed by atoms with E-state index in [1.54, 1.807) is 6.07 Å². The molecule has 2 aliphatic rings. The molecule has 34 heavy (non-hydrogen) atoms. The van der Waals surface area contributed by atoms with Crippen LogP contribution in [0.25, 0.3) is 11.0 Å². The van der Waals surface area contributed by atoms with E-state index in [1.165, 1.54) is 12.1 Å². The molecule has 6 nitrogen and oxygen atoms in total. The first-order valence-electron chi connectivity index (χ1n) is 12.4. The Morgan fingerprint density at radius 3 is 2.79 bits per heavy atom. The molecule has 0 radical (unpaired) electrons. The fraction of sp³-hybridized carbons (Fsp3) is 0.519. The Morgan fingerprint density at radius 1 is 1.24 bits per heavy atom. The second-order valence-corrected chi connectivity index (χ2v) is 9.98. The number of halogens is 1. The van der Waals surface area contributed by atoms with E-state index in [-0.39, 0.29) is 23.9 Å². The zero-order valence-corrected chi connectivity index (χ0v) is 20.0. The lowest BCUT2D eigenvalue weighted by molar-refractivity contribution is -0.0647. The monoisotopic (exact) mass is 467 g/mol. The van der Waals surface area contributed by atoms with Gasteiger partial charge < -0.3 is 25.0 Å². The highest BCUT2D eigenvalue weighted by Crippen LogP contribution is 2.40. The zero-order chi connectivity index (χ0) is 23.8. The van der Waals surface area contributed by atoms with Gasteiger partial charge in [0.05, 0.1) is 17.9 Å². The van der Waals surface area contributed by atoms with Gasteiger partial charge in [-0.3, -0.25) is 0 Å². The molecule has 3 heterocycles. The van der Waals surface area contributed by atoms with Gasteiger partial charge in [-0.15, -0.1) is 0 Å². The minimum Gasteiger partial charge on any atom is -0.507 e. The number of nitrogens with two attached hydrogens (primary N) is 1. The minimum atomic E-state index is -0.306. The maximum absolute atomic E-state index is 13.4. The van der Waals surface area contributed by atoms with Crippen molar-refractivity contribution >= 4 is 11.0 Å². The lowest BCUT2D eigenvalue weighted by atomic mass is 9.83. The van der Waals surface area contributed by atoms with Crippen molar-refractivity contribution in [1.29, 1.82) is 0 Å². The number of phenols is 1. The lowest BCUT2D eigenvalue weighted by Gasteiger charge is -2.40. The fourth-order valence-corrected chi connectivity index (χ4v) is 5.63. The summed E-state index contributed by atoms with van der Waals surface area (Å²) in [4.78, 5) is 2.51. The van der Waals surface area contributed by atoms with Gasteiger partial charge in [0.2, 0.25) is 0 Å². The van der Waals surface area contributed by atoms with Crippen molar-refractivity contribution in [2.75, 3.05) is 26.2 Å². The predicted molar refractivity (Wildman–Crippen MR) is 129 cm³/mol. The van der Waals surface area contributed by atoms with E-state index in [0.717, 1.165) is 73.1 Å². The average molecular weight is 468 g/mol. The molecule has 0 amide bonds. The van der Waals surface area contributed by atoms with E-state index >= 15 is 0 Å². The fourth-order valence-electron chi connectivity index (χ4n) is 5.63. The van der Waals surface area contributed by atoms with Crippen LogP contribution < -0.4 is 5.73 Å². The quantitative estimate of drug-likeness (QED) is 0.540. The van der Waals surface area contributed by atoms with Crippen LogP contribution in [0.1, 0.15) is 60.6 Å². The van der Waals surface area contributed by atoms with Gasteiger partial charge in [-0.1, -0.05) is 24.2 Å². The van der Waals surface area contributed by atoms with Crippen LogP contribution in [0.2, 0.25) is 0 Å². The van der Waals surface area contributed by atoms with Crippen LogP contribution in [-0.2, 0) is 11.2 Å². The van der Waals surface area contributed by atoms with Gasteiger partial charge in [0.1, 0.15) is 11.6 Å². The summed E-state index contributed by atoms with van der Waals surface area (Å²) in [7, 11) is 0. The SMILES string of the molecule is Cc1ccc2c(c1O)CC(C1CCN(CCC(C)c3noc4cc(F)ccc34)CC1)OC2CN. The zero-order valence-electron chi connectivity index (χ0n) is 20.0. The number of phenolic OH excluding ortho intramolecular Hbond substituents is 1. The molecule has 1 aromatic heterocycles. The molecule has 3 aromatic rings. The molecule has 3 N–H and O–H groups in total. The summed E-state index contributed by atoms with van der Waals surface area (Å²) >= 11 is 0. The number of benzene rings is 2. The molecule has 3 unspecified atom stereocenters. The summed E-state index contributed by atoms with van der Waals surface area (Å²) in [6.45, 7) is 7.57. The summed E-state index contributed by atoms with van der Waals surface area (Å²) < 4.78 is 25.2. The molecular formula is C27H34FN3O3. The first-order chi connectivity index (χ1) is 16.4. The van der Waals surface area contributed by atoms with Crippen LogP contribution >= 0.6 is 0 Å². The minimum absolute atomic E-state index is 0.0942. The number of fused-ring (bicyclic) bond motifs is 2. The van der Waals surface area contributed by atoms with Gasteiger partial charge in [0.25, 0.3) is 0 Å². The van der Waals surface area contributed by atoms with E-state index in [9.17, 15) is 9.50 Å². The van der Waals surface area contributed by atoms with Crippen molar-refractivity contribution in [3.63, 3.8) is 0 Å². The Balaban J connectivity index is 1.17. The van der Waals surface area contributed by atoms with Gasteiger partial charge >= 0.3 is 0 Å². The van der Waals surface area contributed by atoms with Gasteiger partial charge in [-0.2, -0.15) is 0 Å². The maximum Gasteiger partial charge on any atom is 0.170 e. The highest BCUT2D eigenvalue weighted by atomic mass is 19.1. The Kier molecular flexibility index (Phi) is 6.60. The molecule has 2 aliphatic heterocycles. The van der Waals surface area contributed by atoms with Crippen molar-refractivity contribution in [3.05, 3.63) is 58.5 Å². The van der Waals surface area contributed by atoms with Gasteiger partial charge in [-0.25, -0.2) is 4.39 Å². The summed E-state index contributed by atoms with van der Waals surface area (Å²) in [5.41, 5.74) is 10.4. The summed E-state index contributed by atoms with van der Waals surface area (Å²) in [5.74, 6) is 0.794. The van der Waals surface area contributed by atoms with E-state index < -0.39 is 0 Å². The van der Waals surface area contributed by atoms with Crippen molar-refractivity contribution in [2.24, 2.45) is 11.7 Å². The van der Waals surface area contributed by atoms with Crippen LogP contribution in [0.4, 0.5) is 4.39 Å². The second-order valence-electron chi connectivity index (χ2n) is 9.98. The number of aryl methyl sites for hydroxylation is 1. The van der Waals surface area contributed by atoms with Crippen LogP contribution in [0.15, 0.2) is 34.9 Å². The van der Waals surface area contributed by atoms with Crippen LogP contribution in [-0.4, -0.2) is 47.4 Å². The molecule has 0 spiro atoms. The van der Waals surface area contributed by atoms with Gasteiger partial charge in [0, 0.05) is 35.9 Å². The Bertz CT molecular complexity index is 1160. The number of aromatic nitrogens is 1. The van der Waals surface area contributed by atoms with Gasteiger partial charge in [0.15, 0.2) is 5.58 Å². The number of likely N-dealkylation sites (tertiary alicyclic amines) is 1. The lowest BCUT2D eigenvalue weighted by Crippen LogP contribution is -2.42. The molecule has 182 valence electrons. The predicted octanol–water partition coefficient (Wildman–Crippen LogP) is 4.83. The molecule has 0 saturated carbocycles. The largest absolute Gasteiger partial charge is 0.507 e. The second kappa shape index (κ2) is 9.64. The first kappa shape index (κ1) is 23.3. The van der Waals surface area contributed by atoms with E-state index in [0.29, 0.717) is 23.8 Å².